The summed E-state index contributed by atoms with van der Waals surface area (Å²) in [5, 5.41) is 9.36. The van der Waals surface area contributed by atoms with E-state index in [9.17, 15) is 9.59 Å². The first-order chi connectivity index (χ1) is 13.3. The van der Waals surface area contributed by atoms with Gasteiger partial charge in [-0.1, -0.05) is 23.2 Å². The van der Waals surface area contributed by atoms with E-state index >= 15 is 0 Å². The molecule has 7 nitrogen and oxygen atoms in total. The Morgan fingerprint density at radius 2 is 1.46 bits per heavy atom. The highest BCUT2D eigenvalue weighted by molar-refractivity contribution is 7.80. The number of hydrogen-bond donors (Lipinski definition) is 3. The van der Waals surface area contributed by atoms with Gasteiger partial charge in [0.15, 0.2) is 17.5 Å². The number of ether oxygens (including phenoxy) is 2. The van der Waals surface area contributed by atoms with Crippen LogP contribution in [0.4, 0.5) is 17.1 Å². The number of rotatable bonds is 6. The van der Waals surface area contributed by atoms with Gasteiger partial charge < -0.3 is 25.4 Å². The summed E-state index contributed by atoms with van der Waals surface area (Å²) in [7, 11) is 1.25. The summed E-state index contributed by atoms with van der Waals surface area (Å²) in [5.41, 5.74) is 1.94. The molecule has 2 rings (SSSR count). The van der Waals surface area contributed by atoms with Crippen molar-refractivity contribution in [1.82, 2.24) is 0 Å². The Hall–Kier alpha value is -2.55. The van der Waals surface area contributed by atoms with Crippen LogP contribution < -0.4 is 20.7 Å². The van der Waals surface area contributed by atoms with Crippen LogP contribution in [0.15, 0.2) is 36.4 Å². The Morgan fingerprint density at radius 3 is 1.96 bits per heavy atom. The highest BCUT2D eigenvalue weighted by Gasteiger charge is 2.13. The van der Waals surface area contributed by atoms with Gasteiger partial charge in [-0.25, -0.2) is 4.79 Å². The number of methoxy groups -OCH3 is 1. The zero-order valence-electron chi connectivity index (χ0n) is 15.0. The molecule has 2 aromatic rings. The van der Waals surface area contributed by atoms with Gasteiger partial charge >= 0.3 is 5.97 Å². The van der Waals surface area contributed by atoms with Crippen LogP contribution in [-0.2, 0) is 14.3 Å². The lowest BCUT2D eigenvalue weighted by Crippen LogP contribution is -2.19. The minimum absolute atomic E-state index is 0.148. The summed E-state index contributed by atoms with van der Waals surface area (Å²) in [6, 6.07) is 10.1. The number of nitrogens with one attached hydrogen (secondary N) is 3. The third-order valence-electron chi connectivity index (χ3n) is 3.28. The zero-order valence-corrected chi connectivity index (χ0v) is 17.3. The Morgan fingerprint density at radius 1 is 0.964 bits per heavy atom. The molecule has 3 N–H and O–H groups in total. The molecular formula is C18H17Cl2N3O4S. The lowest BCUT2D eigenvalue weighted by molar-refractivity contribution is -0.142. The number of carbonyl (C=O) groups is 2. The molecule has 148 valence electrons. The maximum Gasteiger partial charge on any atom is 0.343 e. The van der Waals surface area contributed by atoms with Crippen molar-refractivity contribution >= 4 is 69.5 Å². The Balaban J connectivity index is 1.99. The molecule has 0 aromatic heterocycles. The fourth-order valence-electron chi connectivity index (χ4n) is 2.09. The number of anilines is 3. The third-order valence-corrected chi connectivity index (χ3v) is 4.05. The van der Waals surface area contributed by atoms with Crippen LogP contribution >= 0.6 is 35.4 Å². The highest BCUT2D eigenvalue weighted by atomic mass is 35.5. The summed E-state index contributed by atoms with van der Waals surface area (Å²) in [6.45, 7) is 1.13. The number of carbonyl (C=O) groups excluding carboxylic acids is 2. The molecule has 28 heavy (non-hydrogen) atoms. The highest BCUT2D eigenvalue weighted by Crippen LogP contribution is 2.36. The number of halogens is 2. The lowest BCUT2D eigenvalue weighted by Gasteiger charge is -2.14. The van der Waals surface area contributed by atoms with Crippen molar-refractivity contribution in [2.75, 3.05) is 29.7 Å². The van der Waals surface area contributed by atoms with Crippen LogP contribution in [0, 0.1) is 0 Å². The Bertz CT molecular complexity index is 868. The third kappa shape index (κ3) is 6.56. The van der Waals surface area contributed by atoms with Crippen molar-refractivity contribution in [2.24, 2.45) is 0 Å². The SMILES string of the molecule is COC(=O)COc1c(Cl)cc(NC(=S)Nc2ccc(NC(C)=O)cc2)cc1Cl. The molecule has 0 heterocycles. The fraction of sp³-hybridized carbons (Fsp3) is 0.167. The number of amides is 1. The van der Waals surface area contributed by atoms with E-state index in [4.69, 9.17) is 40.2 Å². The summed E-state index contributed by atoms with van der Waals surface area (Å²) in [5.74, 6) is -0.526. The average Bonchev–Trinajstić information content (AvgIpc) is 2.61. The van der Waals surface area contributed by atoms with Gasteiger partial charge in [-0.05, 0) is 48.6 Å². The summed E-state index contributed by atoms with van der Waals surface area (Å²) < 4.78 is 9.77. The van der Waals surface area contributed by atoms with E-state index in [2.05, 4.69) is 20.7 Å². The molecule has 1 amide bonds. The molecule has 0 aliphatic heterocycles. The maximum absolute atomic E-state index is 11.2. The average molecular weight is 442 g/mol. The van der Waals surface area contributed by atoms with Crippen molar-refractivity contribution in [3.63, 3.8) is 0 Å². The quantitative estimate of drug-likeness (QED) is 0.454. The predicted molar refractivity (Wildman–Crippen MR) is 115 cm³/mol. The van der Waals surface area contributed by atoms with Crippen LogP contribution in [0.2, 0.25) is 10.0 Å². The normalized spacial score (nSPS) is 10.0. The van der Waals surface area contributed by atoms with Crippen molar-refractivity contribution in [3.8, 4) is 5.75 Å². The predicted octanol–water partition coefficient (Wildman–Crippen LogP) is 4.31. The van der Waals surface area contributed by atoms with Crippen LogP contribution in [0.5, 0.6) is 5.75 Å². The maximum atomic E-state index is 11.2. The Labute approximate surface area is 177 Å². The first kappa shape index (κ1) is 21.7. The fourth-order valence-corrected chi connectivity index (χ4v) is 2.93. The molecule has 0 fully saturated rings. The second-order valence-electron chi connectivity index (χ2n) is 5.47. The Kier molecular flexibility index (Phi) is 7.86. The zero-order chi connectivity index (χ0) is 20.7. The number of hydrogen-bond acceptors (Lipinski definition) is 5. The molecule has 0 bridgehead atoms. The molecule has 0 spiro atoms. The topological polar surface area (TPSA) is 88.7 Å². The van der Waals surface area contributed by atoms with E-state index in [0.717, 1.165) is 5.69 Å². The van der Waals surface area contributed by atoms with Crippen molar-refractivity contribution in [3.05, 3.63) is 46.4 Å². The van der Waals surface area contributed by atoms with Gasteiger partial charge in [-0.3, -0.25) is 4.79 Å². The molecule has 0 unspecified atom stereocenters. The molecular weight excluding hydrogens is 425 g/mol. The van der Waals surface area contributed by atoms with E-state index in [1.54, 1.807) is 36.4 Å². The molecule has 0 saturated heterocycles. The lowest BCUT2D eigenvalue weighted by atomic mass is 10.2. The number of esters is 1. The van der Waals surface area contributed by atoms with E-state index < -0.39 is 5.97 Å². The number of thiocarbonyl (C=S) groups is 1. The molecule has 0 aliphatic carbocycles. The minimum atomic E-state index is -0.552. The second-order valence-corrected chi connectivity index (χ2v) is 6.69. The van der Waals surface area contributed by atoms with Gasteiger partial charge in [0, 0.05) is 24.0 Å². The molecule has 2 aromatic carbocycles. The first-order valence-corrected chi connectivity index (χ1v) is 9.09. The monoisotopic (exact) mass is 441 g/mol. The van der Waals surface area contributed by atoms with Crippen LogP contribution in [0.1, 0.15) is 6.92 Å². The van der Waals surface area contributed by atoms with Gasteiger partial charge in [0.1, 0.15) is 0 Å². The van der Waals surface area contributed by atoms with Gasteiger partial charge in [-0.2, -0.15) is 0 Å². The molecule has 10 heteroatoms. The minimum Gasteiger partial charge on any atom is -0.479 e. The smallest absolute Gasteiger partial charge is 0.343 e. The largest absolute Gasteiger partial charge is 0.479 e. The summed E-state index contributed by atoms with van der Waals surface area (Å²) >= 11 is 17.6. The first-order valence-electron chi connectivity index (χ1n) is 7.93. The van der Waals surface area contributed by atoms with Crippen LogP contribution in [0.3, 0.4) is 0 Å². The molecule has 0 atom stereocenters. The van der Waals surface area contributed by atoms with E-state index in [1.807, 2.05) is 0 Å². The van der Waals surface area contributed by atoms with E-state index in [-0.39, 0.29) is 28.3 Å². The summed E-state index contributed by atoms with van der Waals surface area (Å²) in [6.07, 6.45) is 0. The molecule has 0 saturated carbocycles. The van der Waals surface area contributed by atoms with Gasteiger partial charge in [0.2, 0.25) is 5.91 Å². The van der Waals surface area contributed by atoms with Gasteiger partial charge in [0.25, 0.3) is 0 Å². The van der Waals surface area contributed by atoms with Crippen molar-refractivity contribution in [2.45, 2.75) is 6.92 Å². The van der Waals surface area contributed by atoms with E-state index in [1.165, 1.54) is 14.0 Å². The van der Waals surface area contributed by atoms with Crippen LogP contribution in [0.25, 0.3) is 0 Å². The second kappa shape index (κ2) is 10.1. The van der Waals surface area contributed by atoms with Gasteiger partial charge in [0.05, 0.1) is 17.2 Å². The van der Waals surface area contributed by atoms with Crippen LogP contribution in [-0.4, -0.2) is 30.7 Å². The van der Waals surface area contributed by atoms with Gasteiger partial charge in [-0.15, -0.1) is 0 Å². The standard InChI is InChI=1S/C18H17Cl2N3O4S/c1-10(24)21-11-3-5-12(6-4-11)22-18(28)23-13-7-14(19)17(15(20)8-13)27-9-16(25)26-2/h3-8H,9H2,1-2H3,(H,21,24)(H2,22,23,28). The van der Waals surface area contributed by atoms with E-state index in [0.29, 0.717) is 16.5 Å². The number of benzene rings is 2. The van der Waals surface area contributed by atoms with Crippen molar-refractivity contribution in [1.29, 1.82) is 0 Å². The molecule has 0 radical (unpaired) electrons. The summed E-state index contributed by atoms with van der Waals surface area (Å²) in [4.78, 5) is 22.2. The van der Waals surface area contributed by atoms with Crippen molar-refractivity contribution < 1.29 is 19.1 Å². The molecule has 0 aliphatic rings.